The minimum atomic E-state index is -0.486. The van der Waals surface area contributed by atoms with Gasteiger partial charge in [0.25, 0.3) is 0 Å². The molecule has 18 heavy (non-hydrogen) atoms. The molecule has 1 aliphatic heterocycles. The maximum absolute atomic E-state index is 12.2. The van der Waals surface area contributed by atoms with Gasteiger partial charge in [-0.25, -0.2) is 0 Å². The van der Waals surface area contributed by atoms with Crippen molar-refractivity contribution >= 4 is 11.8 Å². The van der Waals surface area contributed by atoms with Crippen LogP contribution in [0.4, 0.5) is 0 Å². The van der Waals surface area contributed by atoms with E-state index < -0.39 is 6.04 Å². The molecule has 0 spiro atoms. The van der Waals surface area contributed by atoms with E-state index >= 15 is 0 Å². The van der Waals surface area contributed by atoms with E-state index in [4.69, 9.17) is 5.73 Å². The van der Waals surface area contributed by atoms with Gasteiger partial charge in [0.1, 0.15) is 6.04 Å². The summed E-state index contributed by atoms with van der Waals surface area (Å²) in [5.41, 5.74) is 5.92. The summed E-state index contributed by atoms with van der Waals surface area (Å²) in [7, 11) is 3.44. The van der Waals surface area contributed by atoms with Crippen molar-refractivity contribution in [1.82, 2.24) is 9.80 Å². The second kappa shape index (κ2) is 6.18. The Morgan fingerprint density at radius 2 is 2.00 bits per heavy atom. The Balaban J connectivity index is 2.69. The van der Waals surface area contributed by atoms with Gasteiger partial charge in [-0.3, -0.25) is 9.59 Å². The largest absolute Gasteiger partial charge is 0.347 e. The van der Waals surface area contributed by atoms with Crippen LogP contribution in [0.5, 0.6) is 0 Å². The topological polar surface area (TPSA) is 66.6 Å². The van der Waals surface area contributed by atoms with E-state index in [1.807, 2.05) is 13.8 Å². The Labute approximate surface area is 109 Å². The van der Waals surface area contributed by atoms with Crippen LogP contribution in [0.1, 0.15) is 33.1 Å². The fourth-order valence-corrected chi connectivity index (χ4v) is 2.41. The molecule has 2 N–H and O–H groups in total. The number of hydrogen-bond acceptors (Lipinski definition) is 3. The van der Waals surface area contributed by atoms with E-state index in [0.29, 0.717) is 18.9 Å². The molecule has 104 valence electrons. The van der Waals surface area contributed by atoms with Crippen LogP contribution in [-0.2, 0) is 9.59 Å². The van der Waals surface area contributed by atoms with Gasteiger partial charge < -0.3 is 15.5 Å². The highest BCUT2D eigenvalue weighted by atomic mass is 16.2. The van der Waals surface area contributed by atoms with Gasteiger partial charge in [0, 0.05) is 20.6 Å². The molecule has 1 heterocycles. The molecule has 0 saturated carbocycles. The highest BCUT2D eigenvalue weighted by Gasteiger charge is 2.36. The number of nitrogens with zero attached hydrogens (tertiary/aromatic N) is 2. The minimum absolute atomic E-state index is 0.00223. The summed E-state index contributed by atoms with van der Waals surface area (Å²) in [6, 6.07) is -0.800. The third-order valence-corrected chi connectivity index (χ3v) is 3.30. The molecular formula is C13H25N3O2. The zero-order valence-corrected chi connectivity index (χ0v) is 11.8. The van der Waals surface area contributed by atoms with Crippen LogP contribution >= 0.6 is 0 Å². The fourth-order valence-electron chi connectivity index (χ4n) is 2.41. The standard InChI is InChI=1S/C13H25N3O2/c1-9(2)8-10(14)12(17)16-7-5-6-11(16)13(18)15(3)4/h9-11H,5-8,14H2,1-4H3. The summed E-state index contributed by atoms with van der Waals surface area (Å²) < 4.78 is 0. The van der Waals surface area contributed by atoms with Crippen LogP contribution in [0.2, 0.25) is 0 Å². The normalized spacial score (nSPS) is 21.2. The van der Waals surface area contributed by atoms with Crippen molar-refractivity contribution in [3.8, 4) is 0 Å². The number of amides is 2. The lowest BCUT2D eigenvalue weighted by Crippen LogP contribution is -2.51. The Kier molecular flexibility index (Phi) is 5.14. The summed E-state index contributed by atoms with van der Waals surface area (Å²) in [6.07, 6.45) is 2.29. The zero-order valence-electron chi connectivity index (χ0n) is 11.8. The first-order chi connectivity index (χ1) is 8.34. The molecule has 2 unspecified atom stereocenters. The average molecular weight is 255 g/mol. The summed E-state index contributed by atoms with van der Waals surface area (Å²) >= 11 is 0. The summed E-state index contributed by atoms with van der Waals surface area (Å²) in [4.78, 5) is 27.5. The van der Waals surface area contributed by atoms with Gasteiger partial charge in [-0.05, 0) is 25.2 Å². The van der Waals surface area contributed by atoms with Crippen LogP contribution < -0.4 is 5.73 Å². The number of carbonyl (C=O) groups is 2. The molecule has 0 bridgehead atoms. The molecular weight excluding hydrogens is 230 g/mol. The number of carbonyl (C=O) groups excluding carboxylic acids is 2. The first kappa shape index (κ1) is 15.0. The van der Waals surface area contributed by atoms with Gasteiger partial charge in [0.05, 0.1) is 6.04 Å². The number of likely N-dealkylation sites (N-methyl/N-ethyl adjacent to an activating group) is 1. The lowest BCUT2D eigenvalue weighted by Gasteiger charge is -2.28. The van der Waals surface area contributed by atoms with Crippen molar-refractivity contribution in [3.05, 3.63) is 0 Å². The van der Waals surface area contributed by atoms with Crippen LogP contribution in [0.3, 0.4) is 0 Å². The third kappa shape index (κ3) is 3.45. The molecule has 2 amide bonds. The molecule has 5 nitrogen and oxygen atoms in total. The number of nitrogens with two attached hydrogens (primary N) is 1. The molecule has 1 fully saturated rings. The number of likely N-dealkylation sites (tertiary alicyclic amines) is 1. The van der Waals surface area contributed by atoms with Crippen molar-refractivity contribution < 1.29 is 9.59 Å². The Morgan fingerprint density at radius 3 is 2.50 bits per heavy atom. The summed E-state index contributed by atoms with van der Waals surface area (Å²) in [6.45, 7) is 4.73. The van der Waals surface area contributed by atoms with E-state index in [1.165, 1.54) is 0 Å². The van der Waals surface area contributed by atoms with Gasteiger partial charge in [-0.2, -0.15) is 0 Å². The molecule has 1 aliphatic rings. The van der Waals surface area contributed by atoms with Crippen molar-refractivity contribution in [1.29, 1.82) is 0 Å². The van der Waals surface area contributed by atoms with E-state index in [0.717, 1.165) is 12.8 Å². The van der Waals surface area contributed by atoms with Crippen molar-refractivity contribution in [2.45, 2.75) is 45.2 Å². The van der Waals surface area contributed by atoms with E-state index in [1.54, 1.807) is 23.9 Å². The molecule has 1 saturated heterocycles. The second-order valence-electron chi connectivity index (χ2n) is 5.66. The fraction of sp³-hybridized carbons (Fsp3) is 0.846. The SMILES string of the molecule is CC(C)CC(N)C(=O)N1CCCC1C(=O)N(C)C. The number of hydrogen-bond donors (Lipinski definition) is 1. The first-order valence-corrected chi connectivity index (χ1v) is 6.61. The van der Waals surface area contributed by atoms with Gasteiger partial charge in [0.2, 0.25) is 11.8 Å². The second-order valence-corrected chi connectivity index (χ2v) is 5.66. The van der Waals surface area contributed by atoms with E-state index in [-0.39, 0.29) is 17.9 Å². The third-order valence-electron chi connectivity index (χ3n) is 3.30. The predicted molar refractivity (Wildman–Crippen MR) is 70.9 cm³/mol. The molecule has 0 aliphatic carbocycles. The van der Waals surface area contributed by atoms with Crippen molar-refractivity contribution in [3.63, 3.8) is 0 Å². The van der Waals surface area contributed by atoms with Gasteiger partial charge in [-0.1, -0.05) is 13.8 Å². The van der Waals surface area contributed by atoms with Crippen LogP contribution in [0.25, 0.3) is 0 Å². The zero-order chi connectivity index (χ0) is 13.9. The molecule has 2 atom stereocenters. The lowest BCUT2D eigenvalue weighted by molar-refractivity contribution is -0.143. The van der Waals surface area contributed by atoms with Gasteiger partial charge in [-0.15, -0.1) is 0 Å². The first-order valence-electron chi connectivity index (χ1n) is 6.61. The molecule has 0 aromatic carbocycles. The molecule has 1 rings (SSSR count). The Bertz CT molecular complexity index is 315. The van der Waals surface area contributed by atoms with E-state index in [9.17, 15) is 9.59 Å². The quantitative estimate of drug-likeness (QED) is 0.792. The summed E-state index contributed by atoms with van der Waals surface area (Å²) in [5, 5.41) is 0. The highest BCUT2D eigenvalue weighted by Crippen LogP contribution is 2.20. The van der Waals surface area contributed by atoms with Crippen LogP contribution in [0.15, 0.2) is 0 Å². The Morgan fingerprint density at radius 1 is 1.39 bits per heavy atom. The summed E-state index contributed by atoms with van der Waals surface area (Å²) in [5.74, 6) is 0.300. The maximum Gasteiger partial charge on any atom is 0.244 e. The van der Waals surface area contributed by atoms with Gasteiger partial charge >= 0.3 is 0 Å². The van der Waals surface area contributed by atoms with Gasteiger partial charge in [0.15, 0.2) is 0 Å². The molecule has 0 aromatic heterocycles. The minimum Gasteiger partial charge on any atom is -0.347 e. The average Bonchev–Trinajstić information content (AvgIpc) is 2.74. The number of rotatable bonds is 4. The molecule has 0 aromatic rings. The monoisotopic (exact) mass is 255 g/mol. The molecule has 5 heteroatoms. The Hall–Kier alpha value is -1.10. The maximum atomic E-state index is 12.2. The van der Waals surface area contributed by atoms with Crippen molar-refractivity contribution in [2.24, 2.45) is 11.7 Å². The highest BCUT2D eigenvalue weighted by molar-refractivity contribution is 5.90. The van der Waals surface area contributed by atoms with Crippen LogP contribution in [-0.4, -0.2) is 54.3 Å². The van der Waals surface area contributed by atoms with Crippen LogP contribution in [0, 0.1) is 5.92 Å². The smallest absolute Gasteiger partial charge is 0.244 e. The van der Waals surface area contributed by atoms with E-state index in [2.05, 4.69) is 0 Å². The predicted octanol–water partition coefficient (Wildman–Crippen LogP) is 0.439. The molecule has 0 radical (unpaired) electrons. The lowest BCUT2D eigenvalue weighted by atomic mass is 10.0. The van der Waals surface area contributed by atoms with Crippen molar-refractivity contribution in [2.75, 3.05) is 20.6 Å².